The Kier molecular flexibility index (Phi) is 5.43. The van der Waals surface area contributed by atoms with Gasteiger partial charge in [0.05, 0.1) is 12.5 Å². The average molecular weight is 499 g/mol. The second kappa shape index (κ2) is 7.83. The SMILES string of the molecule is CC(O)CC(=O)O[C@H]1CC2[C@@]3(C)CCCC4(C[C@@H]4C)C3CC[C@@]2(C)[C@@H]2CCC3=C(C(=O)O[C@@H]3C)[C@@]12C. The van der Waals surface area contributed by atoms with Crippen LogP contribution < -0.4 is 0 Å². The van der Waals surface area contributed by atoms with Crippen LogP contribution in [0, 0.1) is 45.3 Å². The minimum Gasteiger partial charge on any atom is -0.461 e. The Morgan fingerprint density at radius 3 is 2.44 bits per heavy atom. The maximum Gasteiger partial charge on any atom is 0.335 e. The van der Waals surface area contributed by atoms with Gasteiger partial charge in [-0.1, -0.05) is 34.1 Å². The zero-order valence-electron chi connectivity index (χ0n) is 23.2. The minimum atomic E-state index is -0.737. The molecular formula is C31H46O5. The summed E-state index contributed by atoms with van der Waals surface area (Å²) in [5.41, 5.74) is 2.27. The zero-order valence-corrected chi connectivity index (χ0v) is 23.2. The number of rotatable bonds is 3. The van der Waals surface area contributed by atoms with E-state index in [0.717, 1.165) is 42.2 Å². The minimum absolute atomic E-state index is 0.00749. The van der Waals surface area contributed by atoms with Crippen LogP contribution in [-0.4, -0.2) is 35.4 Å². The average Bonchev–Trinajstić information content (AvgIpc) is 3.30. The van der Waals surface area contributed by atoms with Crippen LogP contribution in [0.4, 0.5) is 0 Å². The van der Waals surface area contributed by atoms with Crippen LogP contribution in [0.2, 0.25) is 0 Å². The number of carbonyl (C=O) groups is 2. The molecule has 0 aromatic carbocycles. The molecule has 4 unspecified atom stereocenters. The molecular weight excluding hydrogens is 452 g/mol. The Morgan fingerprint density at radius 1 is 1.08 bits per heavy atom. The van der Waals surface area contributed by atoms with Gasteiger partial charge in [-0.05, 0) is 111 Å². The molecule has 1 spiro atoms. The van der Waals surface area contributed by atoms with E-state index in [9.17, 15) is 14.7 Å². The monoisotopic (exact) mass is 498 g/mol. The Labute approximate surface area is 216 Å². The first-order valence-electron chi connectivity index (χ1n) is 14.7. The van der Waals surface area contributed by atoms with Crippen molar-refractivity contribution >= 4 is 11.9 Å². The van der Waals surface area contributed by atoms with Crippen LogP contribution in [0.3, 0.4) is 0 Å². The number of aliphatic hydroxyl groups excluding tert-OH is 1. The largest absolute Gasteiger partial charge is 0.461 e. The van der Waals surface area contributed by atoms with Crippen LogP contribution in [0.25, 0.3) is 0 Å². The highest BCUT2D eigenvalue weighted by Gasteiger charge is 2.72. The van der Waals surface area contributed by atoms with Crippen LogP contribution in [0.15, 0.2) is 11.1 Å². The van der Waals surface area contributed by atoms with Gasteiger partial charge in [-0.15, -0.1) is 0 Å². The predicted octanol–water partition coefficient (Wildman–Crippen LogP) is 5.98. The van der Waals surface area contributed by atoms with Crippen molar-refractivity contribution in [2.75, 3.05) is 0 Å². The summed E-state index contributed by atoms with van der Waals surface area (Å²) in [4.78, 5) is 26.3. The highest BCUT2D eigenvalue weighted by atomic mass is 16.6. The standard InChI is InChI=1S/C31H46O5/c1-17-16-31(17)12-7-11-28(4)22(31)10-13-29(5)21-9-8-20-19(3)35-27(34)26(20)30(21,6)24(15-23(28)29)36-25(33)14-18(2)32/h17-19,21-24,32H,7-16H2,1-6H3/t17-,18?,19+,21-,22?,23?,24-,28-,29-,30+,31?/m0/s1. The van der Waals surface area contributed by atoms with E-state index in [1.54, 1.807) is 6.92 Å². The molecule has 0 bridgehead atoms. The van der Waals surface area contributed by atoms with Crippen molar-refractivity contribution in [1.29, 1.82) is 0 Å². The van der Waals surface area contributed by atoms with Gasteiger partial charge in [-0.3, -0.25) is 4.79 Å². The summed E-state index contributed by atoms with van der Waals surface area (Å²) in [6.45, 7) is 13.4. The lowest BCUT2D eigenvalue weighted by Crippen LogP contribution is -2.65. The van der Waals surface area contributed by atoms with Crippen molar-refractivity contribution in [2.45, 2.75) is 124 Å². The number of aliphatic hydroxyl groups is 1. The molecule has 4 fully saturated rings. The maximum absolute atomic E-state index is 13.3. The summed E-state index contributed by atoms with van der Waals surface area (Å²) >= 11 is 0. The quantitative estimate of drug-likeness (QED) is 0.485. The first kappa shape index (κ1) is 24.9. The van der Waals surface area contributed by atoms with Gasteiger partial charge in [0.25, 0.3) is 0 Å². The summed E-state index contributed by atoms with van der Waals surface area (Å²) in [5, 5.41) is 9.90. The van der Waals surface area contributed by atoms with E-state index in [0.29, 0.717) is 11.3 Å². The molecule has 6 rings (SSSR count). The molecule has 4 saturated carbocycles. The van der Waals surface area contributed by atoms with E-state index in [2.05, 4.69) is 27.7 Å². The Balaban J connectivity index is 1.45. The molecule has 5 aliphatic carbocycles. The smallest absolute Gasteiger partial charge is 0.335 e. The van der Waals surface area contributed by atoms with E-state index in [4.69, 9.17) is 9.47 Å². The number of fused-ring (bicyclic) bond motifs is 7. The van der Waals surface area contributed by atoms with Crippen molar-refractivity contribution in [2.24, 2.45) is 45.3 Å². The molecule has 0 saturated heterocycles. The van der Waals surface area contributed by atoms with Crippen molar-refractivity contribution in [3.05, 3.63) is 11.1 Å². The lowest BCUT2D eigenvalue weighted by Gasteiger charge is -2.69. The molecule has 11 atom stereocenters. The van der Waals surface area contributed by atoms with E-state index in [1.807, 2.05) is 6.92 Å². The molecule has 6 aliphatic rings. The van der Waals surface area contributed by atoms with Gasteiger partial charge in [-0.25, -0.2) is 4.79 Å². The van der Waals surface area contributed by atoms with E-state index in [1.165, 1.54) is 38.5 Å². The Hall–Kier alpha value is -1.36. The van der Waals surface area contributed by atoms with Crippen LogP contribution in [0.1, 0.15) is 106 Å². The number of hydrogen-bond donors (Lipinski definition) is 1. The summed E-state index contributed by atoms with van der Waals surface area (Å²) < 4.78 is 12.1. The van der Waals surface area contributed by atoms with Crippen LogP contribution >= 0.6 is 0 Å². The van der Waals surface area contributed by atoms with Gasteiger partial charge in [-0.2, -0.15) is 0 Å². The highest BCUT2D eigenvalue weighted by Crippen LogP contribution is 2.78. The number of cyclic esters (lactones) is 1. The number of carbonyl (C=O) groups excluding carboxylic acids is 2. The van der Waals surface area contributed by atoms with Crippen molar-refractivity contribution in [3.63, 3.8) is 0 Å². The van der Waals surface area contributed by atoms with Crippen molar-refractivity contribution in [1.82, 2.24) is 0 Å². The number of esters is 2. The molecule has 5 nitrogen and oxygen atoms in total. The van der Waals surface area contributed by atoms with Gasteiger partial charge in [0, 0.05) is 11.0 Å². The molecule has 200 valence electrons. The van der Waals surface area contributed by atoms with Crippen molar-refractivity contribution in [3.8, 4) is 0 Å². The molecule has 0 amide bonds. The van der Waals surface area contributed by atoms with Crippen LogP contribution in [-0.2, 0) is 19.1 Å². The number of ether oxygens (including phenoxy) is 2. The zero-order chi connectivity index (χ0) is 25.8. The lowest BCUT2D eigenvalue weighted by atomic mass is 9.35. The second-order valence-corrected chi connectivity index (χ2v) is 14.4. The van der Waals surface area contributed by atoms with Gasteiger partial charge < -0.3 is 14.6 Å². The molecule has 0 aromatic heterocycles. The predicted molar refractivity (Wildman–Crippen MR) is 137 cm³/mol. The Morgan fingerprint density at radius 2 is 1.78 bits per heavy atom. The fourth-order valence-corrected chi connectivity index (χ4v) is 11.3. The third-order valence-corrected chi connectivity index (χ3v) is 12.8. The molecule has 36 heavy (non-hydrogen) atoms. The van der Waals surface area contributed by atoms with E-state index in [-0.39, 0.29) is 47.3 Å². The van der Waals surface area contributed by atoms with Gasteiger partial charge >= 0.3 is 11.9 Å². The normalized spacial score (nSPS) is 52.0. The van der Waals surface area contributed by atoms with Gasteiger partial charge in [0.2, 0.25) is 0 Å². The summed E-state index contributed by atoms with van der Waals surface area (Å²) in [7, 11) is 0. The fourth-order valence-electron chi connectivity index (χ4n) is 11.3. The second-order valence-electron chi connectivity index (χ2n) is 14.4. The number of hydrogen-bond acceptors (Lipinski definition) is 5. The Bertz CT molecular complexity index is 1010. The molecule has 0 radical (unpaired) electrons. The molecule has 0 aromatic rings. The third-order valence-electron chi connectivity index (χ3n) is 12.8. The summed E-state index contributed by atoms with van der Waals surface area (Å²) in [6.07, 6.45) is 9.26. The molecule has 1 N–H and O–H groups in total. The van der Waals surface area contributed by atoms with Crippen molar-refractivity contribution < 1.29 is 24.2 Å². The van der Waals surface area contributed by atoms with E-state index >= 15 is 0 Å². The topological polar surface area (TPSA) is 72.8 Å². The third kappa shape index (κ3) is 3.10. The van der Waals surface area contributed by atoms with Gasteiger partial charge in [0.1, 0.15) is 12.2 Å². The highest BCUT2D eigenvalue weighted by molar-refractivity contribution is 5.94. The molecule has 5 heteroatoms. The van der Waals surface area contributed by atoms with Crippen LogP contribution in [0.5, 0.6) is 0 Å². The molecule has 1 aliphatic heterocycles. The first-order chi connectivity index (χ1) is 16.9. The van der Waals surface area contributed by atoms with E-state index < -0.39 is 11.5 Å². The summed E-state index contributed by atoms with van der Waals surface area (Å²) in [6, 6.07) is 0. The molecule has 1 heterocycles. The summed E-state index contributed by atoms with van der Waals surface area (Å²) in [5.74, 6) is 1.77. The maximum atomic E-state index is 13.3. The first-order valence-corrected chi connectivity index (χ1v) is 14.7. The van der Waals surface area contributed by atoms with Gasteiger partial charge in [0.15, 0.2) is 0 Å². The lowest BCUT2D eigenvalue weighted by molar-refractivity contribution is -0.223. The fraction of sp³-hybridized carbons (Fsp3) is 0.871.